The zero-order valence-electron chi connectivity index (χ0n) is 16.9. The van der Waals surface area contributed by atoms with Gasteiger partial charge in [0.15, 0.2) is 17.6 Å². The Morgan fingerprint density at radius 1 is 1.19 bits per heavy atom. The zero-order chi connectivity index (χ0) is 21.6. The zero-order valence-corrected chi connectivity index (χ0v) is 17.7. The van der Waals surface area contributed by atoms with Gasteiger partial charge >= 0.3 is 0 Å². The van der Waals surface area contributed by atoms with Gasteiger partial charge in [-0.25, -0.2) is 13.8 Å². The number of thiazole rings is 1. The Bertz CT molecular complexity index is 1030. The van der Waals surface area contributed by atoms with Crippen molar-refractivity contribution >= 4 is 32.6 Å². The van der Waals surface area contributed by atoms with Gasteiger partial charge in [-0.1, -0.05) is 29.5 Å². The lowest BCUT2D eigenvalue weighted by atomic mass is 10.3. The summed E-state index contributed by atoms with van der Waals surface area (Å²) in [6.45, 7) is 4.16. The molecule has 1 aromatic heterocycles. The minimum Gasteiger partial charge on any atom is -0.484 e. The number of hydrogen-bond acceptors (Lipinski definition) is 6. The second kappa shape index (κ2) is 10.1. The van der Waals surface area contributed by atoms with E-state index in [9.17, 15) is 13.6 Å². The minimum absolute atomic E-state index is 0.0661. The first-order valence-electron chi connectivity index (χ1n) is 10.1. The van der Waals surface area contributed by atoms with Gasteiger partial charge in [-0.05, 0) is 24.6 Å². The summed E-state index contributed by atoms with van der Waals surface area (Å²) in [5.74, 6) is -1.11. The number of carbonyl (C=O) groups is 1. The van der Waals surface area contributed by atoms with Gasteiger partial charge in [0.2, 0.25) is 0 Å². The first-order valence-corrected chi connectivity index (χ1v) is 11.0. The first-order chi connectivity index (χ1) is 15.1. The van der Waals surface area contributed by atoms with Gasteiger partial charge in [-0.3, -0.25) is 14.6 Å². The number of para-hydroxylation sites is 1. The number of ether oxygens (including phenoxy) is 2. The van der Waals surface area contributed by atoms with E-state index in [1.54, 1.807) is 12.1 Å². The maximum absolute atomic E-state index is 14.1. The van der Waals surface area contributed by atoms with Crippen LogP contribution in [0.1, 0.15) is 6.42 Å². The van der Waals surface area contributed by atoms with E-state index < -0.39 is 11.6 Å². The maximum Gasteiger partial charge on any atom is 0.266 e. The molecule has 0 spiro atoms. The number of aromatic nitrogens is 1. The number of rotatable bonds is 8. The van der Waals surface area contributed by atoms with Crippen molar-refractivity contribution in [3.63, 3.8) is 0 Å². The molecule has 0 bridgehead atoms. The van der Waals surface area contributed by atoms with Crippen molar-refractivity contribution in [1.82, 2.24) is 9.88 Å². The lowest BCUT2D eigenvalue weighted by Gasteiger charge is -2.27. The lowest BCUT2D eigenvalue weighted by molar-refractivity contribution is -0.120. The molecule has 0 N–H and O–H groups in total. The molecule has 3 aromatic rings. The SMILES string of the molecule is O=C(COc1ccccc1)N(CCCN1CCOCC1)c1nc2c(F)cc(F)cc2s1. The Hall–Kier alpha value is -2.62. The molecule has 0 atom stereocenters. The molecule has 164 valence electrons. The average molecular weight is 448 g/mol. The standard InChI is InChI=1S/C22H23F2N3O3S/c23-16-13-18(24)21-19(14-16)31-22(25-21)27(8-4-7-26-9-11-29-12-10-26)20(28)15-30-17-5-2-1-3-6-17/h1-3,5-6,13-14H,4,7-12,15H2. The summed E-state index contributed by atoms with van der Waals surface area (Å²) < 4.78 is 39.1. The van der Waals surface area contributed by atoms with E-state index in [1.807, 2.05) is 18.2 Å². The van der Waals surface area contributed by atoms with Gasteiger partial charge in [-0.15, -0.1) is 0 Å². The number of benzene rings is 2. The summed E-state index contributed by atoms with van der Waals surface area (Å²) >= 11 is 1.09. The summed E-state index contributed by atoms with van der Waals surface area (Å²) in [7, 11) is 0. The van der Waals surface area contributed by atoms with E-state index in [2.05, 4.69) is 9.88 Å². The highest BCUT2D eigenvalue weighted by atomic mass is 32.1. The Kier molecular flexibility index (Phi) is 7.06. The minimum atomic E-state index is -0.737. The molecule has 1 amide bonds. The van der Waals surface area contributed by atoms with Crippen molar-refractivity contribution in [3.05, 3.63) is 54.1 Å². The fourth-order valence-corrected chi connectivity index (χ4v) is 4.45. The molecule has 2 aromatic carbocycles. The Balaban J connectivity index is 1.49. The van der Waals surface area contributed by atoms with Gasteiger partial charge in [0, 0.05) is 32.2 Å². The maximum atomic E-state index is 14.1. The third kappa shape index (κ3) is 5.55. The highest BCUT2D eigenvalue weighted by Gasteiger charge is 2.22. The van der Waals surface area contributed by atoms with Crippen molar-refractivity contribution in [2.45, 2.75) is 6.42 Å². The van der Waals surface area contributed by atoms with Crippen LogP contribution < -0.4 is 9.64 Å². The molecule has 31 heavy (non-hydrogen) atoms. The van der Waals surface area contributed by atoms with Crippen LogP contribution in [0.5, 0.6) is 5.75 Å². The van der Waals surface area contributed by atoms with Crippen molar-refractivity contribution < 1.29 is 23.0 Å². The summed E-state index contributed by atoms with van der Waals surface area (Å²) in [6, 6.07) is 11.1. The molecule has 0 unspecified atom stereocenters. The number of hydrogen-bond donors (Lipinski definition) is 0. The predicted molar refractivity (Wildman–Crippen MR) is 116 cm³/mol. The molecule has 9 heteroatoms. The number of fused-ring (bicyclic) bond motifs is 1. The second-order valence-electron chi connectivity index (χ2n) is 7.19. The lowest BCUT2D eigenvalue weighted by Crippen LogP contribution is -2.40. The van der Waals surface area contributed by atoms with Crippen LogP contribution in [0.2, 0.25) is 0 Å². The van der Waals surface area contributed by atoms with E-state index >= 15 is 0 Å². The van der Waals surface area contributed by atoms with Gasteiger partial charge in [0.25, 0.3) is 5.91 Å². The molecule has 1 fully saturated rings. The molecule has 6 nitrogen and oxygen atoms in total. The van der Waals surface area contributed by atoms with E-state index in [0.717, 1.165) is 37.0 Å². The van der Waals surface area contributed by atoms with Crippen LogP contribution >= 0.6 is 11.3 Å². The van der Waals surface area contributed by atoms with Gasteiger partial charge in [0.05, 0.1) is 17.9 Å². The highest BCUT2D eigenvalue weighted by molar-refractivity contribution is 7.22. The van der Waals surface area contributed by atoms with E-state index in [-0.39, 0.29) is 18.0 Å². The largest absolute Gasteiger partial charge is 0.484 e. The Morgan fingerprint density at radius 3 is 2.74 bits per heavy atom. The predicted octanol–water partition coefficient (Wildman–Crippen LogP) is 3.71. The second-order valence-corrected chi connectivity index (χ2v) is 8.19. The van der Waals surface area contributed by atoms with Gasteiger partial charge in [-0.2, -0.15) is 0 Å². The van der Waals surface area contributed by atoms with Crippen LogP contribution in [-0.2, 0) is 9.53 Å². The number of amides is 1. The Morgan fingerprint density at radius 2 is 1.97 bits per heavy atom. The molecule has 0 aliphatic carbocycles. The molecule has 1 aliphatic heterocycles. The van der Waals surface area contributed by atoms with Crippen LogP contribution in [0.4, 0.5) is 13.9 Å². The quantitative estimate of drug-likeness (QED) is 0.527. The molecule has 0 radical (unpaired) electrons. The number of anilines is 1. The van der Waals surface area contributed by atoms with Crippen LogP contribution in [-0.4, -0.2) is 61.8 Å². The number of carbonyl (C=O) groups excluding carboxylic acids is 1. The Labute approximate surface area is 183 Å². The van der Waals surface area contributed by atoms with Crippen LogP contribution in [0.15, 0.2) is 42.5 Å². The number of morpholine rings is 1. The third-order valence-electron chi connectivity index (χ3n) is 5.00. The van der Waals surface area contributed by atoms with Crippen LogP contribution in [0.3, 0.4) is 0 Å². The highest BCUT2D eigenvalue weighted by Crippen LogP contribution is 2.31. The average Bonchev–Trinajstić information content (AvgIpc) is 3.20. The van der Waals surface area contributed by atoms with Crippen molar-refractivity contribution in [2.75, 3.05) is 50.9 Å². The smallest absolute Gasteiger partial charge is 0.266 e. The summed E-state index contributed by atoms with van der Waals surface area (Å²) in [6.07, 6.45) is 0.712. The van der Waals surface area contributed by atoms with Crippen LogP contribution in [0.25, 0.3) is 10.2 Å². The summed E-state index contributed by atoms with van der Waals surface area (Å²) in [5.41, 5.74) is 0.0661. The monoisotopic (exact) mass is 447 g/mol. The number of nitrogens with zero attached hydrogens (tertiary/aromatic N) is 3. The van der Waals surface area contributed by atoms with Crippen LogP contribution in [0, 0.1) is 11.6 Å². The van der Waals surface area contributed by atoms with Gasteiger partial charge < -0.3 is 9.47 Å². The fraction of sp³-hybridized carbons (Fsp3) is 0.364. The van der Waals surface area contributed by atoms with Crippen molar-refractivity contribution in [1.29, 1.82) is 0 Å². The molecule has 0 saturated carbocycles. The summed E-state index contributed by atoms with van der Waals surface area (Å²) in [5, 5.41) is 0.336. The van der Waals surface area contributed by atoms with E-state index in [0.29, 0.717) is 41.8 Å². The normalized spacial score (nSPS) is 14.6. The van der Waals surface area contributed by atoms with Gasteiger partial charge in [0.1, 0.15) is 17.1 Å². The van der Waals surface area contributed by atoms with Crippen molar-refractivity contribution in [3.8, 4) is 5.75 Å². The third-order valence-corrected chi connectivity index (χ3v) is 6.02. The molecule has 2 heterocycles. The molecular weight excluding hydrogens is 424 g/mol. The van der Waals surface area contributed by atoms with E-state index in [1.165, 1.54) is 11.0 Å². The summed E-state index contributed by atoms with van der Waals surface area (Å²) in [4.78, 5) is 21.1. The topological polar surface area (TPSA) is 54.9 Å². The van der Waals surface area contributed by atoms with Crippen molar-refractivity contribution in [2.24, 2.45) is 0 Å². The fourth-order valence-electron chi connectivity index (χ4n) is 3.40. The molecular formula is C22H23F2N3O3S. The molecule has 1 saturated heterocycles. The van der Waals surface area contributed by atoms with E-state index in [4.69, 9.17) is 9.47 Å². The molecule has 1 aliphatic rings. The molecule has 4 rings (SSSR count). The first kappa shape index (κ1) is 21.6. The number of halogens is 2.